The molecule has 1 aromatic carbocycles. The lowest BCUT2D eigenvalue weighted by Gasteiger charge is -2.05. The van der Waals surface area contributed by atoms with Gasteiger partial charge in [-0.3, -0.25) is 4.79 Å². The lowest BCUT2D eigenvalue weighted by molar-refractivity contribution is 0.599. The third kappa shape index (κ3) is 1.90. The van der Waals surface area contributed by atoms with E-state index in [-0.39, 0.29) is 12.1 Å². The number of hydrogen-bond acceptors (Lipinski definition) is 3. The second-order valence-corrected chi connectivity index (χ2v) is 3.84. The topological polar surface area (TPSA) is 58.7 Å². The summed E-state index contributed by atoms with van der Waals surface area (Å²) < 4.78 is 1.21. The van der Waals surface area contributed by atoms with Crippen molar-refractivity contribution in [3.8, 4) is 6.07 Å². The summed E-state index contributed by atoms with van der Waals surface area (Å²) in [7, 11) is 0. The van der Waals surface area contributed by atoms with Crippen LogP contribution in [0.3, 0.4) is 0 Å². The Kier molecular flexibility index (Phi) is 2.88. The predicted octanol–water partition coefficient (Wildman–Crippen LogP) is 1.53. The third-order valence-corrected chi connectivity index (χ3v) is 2.47. The standard InChI is InChI=1S/C11H8ClN3O/c12-9(5-13)7-15-11(16)10-4-2-1-3-8(10)6-14-15/h1-4,6,9H,7H2. The Morgan fingerprint density at radius 3 is 3.00 bits per heavy atom. The van der Waals surface area contributed by atoms with E-state index in [0.717, 1.165) is 5.39 Å². The summed E-state index contributed by atoms with van der Waals surface area (Å²) in [6.45, 7) is 0.0989. The Hall–Kier alpha value is -1.86. The van der Waals surface area contributed by atoms with Crippen LogP contribution in [0.4, 0.5) is 0 Å². The molecule has 0 fully saturated rings. The molecule has 0 aliphatic carbocycles. The SMILES string of the molecule is N#CC(Cl)Cn1ncc2ccccc2c1=O. The number of alkyl halides is 1. The molecule has 0 aliphatic rings. The van der Waals surface area contributed by atoms with Gasteiger partial charge in [-0.25, -0.2) is 4.68 Å². The number of aromatic nitrogens is 2. The quantitative estimate of drug-likeness (QED) is 0.739. The summed E-state index contributed by atoms with van der Waals surface area (Å²) in [6, 6.07) is 9.03. The van der Waals surface area contributed by atoms with Gasteiger partial charge in [0, 0.05) is 5.39 Å². The maximum atomic E-state index is 11.9. The van der Waals surface area contributed by atoms with Crippen molar-refractivity contribution < 1.29 is 0 Å². The lowest BCUT2D eigenvalue weighted by atomic mass is 10.2. The lowest BCUT2D eigenvalue weighted by Crippen LogP contribution is -2.26. The fourth-order valence-corrected chi connectivity index (χ4v) is 1.58. The molecule has 0 saturated heterocycles. The molecule has 80 valence electrons. The highest BCUT2D eigenvalue weighted by Gasteiger charge is 2.08. The van der Waals surface area contributed by atoms with E-state index in [2.05, 4.69) is 5.10 Å². The molecular formula is C11H8ClN3O. The van der Waals surface area contributed by atoms with Gasteiger partial charge in [-0.05, 0) is 6.07 Å². The van der Waals surface area contributed by atoms with Gasteiger partial charge in [-0.2, -0.15) is 10.4 Å². The van der Waals surface area contributed by atoms with E-state index in [0.29, 0.717) is 5.39 Å². The van der Waals surface area contributed by atoms with Gasteiger partial charge in [0.15, 0.2) is 0 Å². The van der Waals surface area contributed by atoms with Gasteiger partial charge in [0.2, 0.25) is 0 Å². The molecule has 1 unspecified atom stereocenters. The molecule has 4 nitrogen and oxygen atoms in total. The van der Waals surface area contributed by atoms with Crippen LogP contribution in [0, 0.1) is 11.3 Å². The molecular weight excluding hydrogens is 226 g/mol. The van der Waals surface area contributed by atoms with E-state index in [1.54, 1.807) is 18.3 Å². The molecule has 0 saturated carbocycles. The van der Waals surface area contributed by atoms with Gasteiger partial charge >= 0.3 is 0 Å². The Balaban J connectivity index is 2.54. The molecule has 5 heteroatoms. The first-order chi connectivity index (χ1) is 7.72. The Labute approximate surface area is 96.7 Å². The van der Waals surface area contributed by atoms with Crippen LogP contribution in [-0.4, -0.2) is 15.2 Å². The molecule has 0 N–H and O–H groups in total. The Morgan fingerprint density at radius 2 is 2.25 bits per heavy atom. The number of fused-ring (bicyclic) bond motifs is 1. The van der Waals surface area contributed by atoms with Crippen LogP contribution in [-0.2, 0) is 6.54 Å². The van der Waals surface area contributed by atoms with Crippen LogP contribution in [0.2, 0.25) is 0 Å². The second kappa shape index (κ2) is 4.33. The first kappa shape index (κ1) is 10.7. The van der Waals surface area contributed by atoms with Gasteiger partial charge in [0.05, 0.1) is 24.2 Å². The number of nitrogens with zero attached hydrogens (tertiary/aromatic N) is 3. The molecule has 1 heterocycles. The van der Waals surface area contributed by atoms with Crippen molar-refractivity contribution in [3.63, 3.8) is 0 Å². The van der Waals surface area contributed by atoms with Crippen molar-refractivity contribution in [2.24, 2.45) is 0 Å². The molecule has 1 aromatic heterocycles. The van der Waals surface area contributed by atoms with E-state index in [1.165, 1.54) is 4.68 Å². The van der Waals surface area contributed by atoms with E-state index in [1.807, 2.05) is 18.2 Å². The minimum absolute atomic E-state index is 0.0989. The normalized spacial score (nSPS) is 12.2. The number of rotatable bonds is 2. The van der Waals surface area contributed by atoms with Crippen molar-refractivity contribution in [2.45, 2.75) is 11.9 Å². The van der Waals surface area contributed by atoms with Gasteiger partial charge in [0.1, 0.15) is 5.38 Å². The highest BCUT2D eigenvalue weighted by Crippen LogP contribution is 2.07. The minimum Gasteiger partial charge on any atom is -0.267 e. The van der Waals surface area contributed by atoms with Crippen molar-refractivity contribution in [3.05, 3.63) is 40.8 Å². The third-order valence-electron chi connectivity index (χ3n) is 2.24. The number of halogens is 1. The molecule has 1 atom stereocenters. The zero-order valence-electron chi connectivity index (χ0n) is 8.30. The zero-order chi connectivity index (χ0) is 11.5. The van der Waals surface area contributed by atoms with Crippen molar-refractivity contribution in [1.29, 1.82) is 5.26 Å². The van der Waals surface area contributed by atoms with Gasteiger partial charge < -0.3 is 0 Å². The molecule has 0 aliphatic heterocycles. The van der Waals surface area contributed by atoms with Crippen LogP contribution >= 0.6 is 11.6 Å². The smallest absolute Gasteiger partial charge is 0.267 e. The van der Waals surface area contributed by atoms with Crippen LogP contribution < -0.4 is 5.56 Å². The van der Waals surface area contributed by atoms with Crippen molar-refractivity contribution >= 4 is 22.4 Å². The van der Waals surface area contributed by atoms with Gasteiger partial charge in [0.25, 0.3) is 5.56 Å². The summed E-state index contributed by atoms with van der Waals surface area (Å²) in [4.78, 5) is 11.9. The molecule has 2 rings (SSSR count). The van der Waals surface area contributed by atoms with Crippen LogP contribution in [0.15, 0.2) is 35.3 Å². The Morgan fingerprint density at radius 1 is 1.50 bits per heavy atom. The molecule has 2 aromatic rings. The van der Waals surface area contributed by atoms with Crippen molar-refractivity contribution in [1.82, 2.24) is 9.78 Å². The monoisotopic (exact) mass is 233 g/mol. The molecule has 0 amide bonds. The van der Waals surface area contributed by atoms with E-state index in [4.69, 9.17) is 16.9 Å². The summed E-state index contributed by atoms with van der Waals surface area (Å²) in [5.74, 6) is 0. The molecule has 16 heavy (non-hydrogen) atoms. The summed E-state index contributed by atoms with van der Waals surface area (Å²) in [5, 5.41) is 13.2. The van der Waals surface area contributed by atoms with Gasteiger partial charge in [-0.15, -0.1) is 11.6 Å². The molecule has 0 radical (unpaired) electrons. The summed E-state index contributed by atoms with van der Waals surface area (Å²) in [6.07, 6.45) is 1.59. The molecule has 0 bridgehead atoms. The molecule has 0 spiro atoms. The number of hydrogen-bond donors (Lipinski definition) is 0. The number of nitriles is 1. The maximum absolute atomic E-state index is 11.9. The fraction of sp³-hybridized carbons (Fsp3) is 0.182. The van der Waals surface area contributed by atoms with Crippen LogP contribution in [0.5, 0.6) is 0 Å². The number of benzene rings is 1. The van der Waals surface area contributed by atoms with E-state index in [9.17, 15) is 4.79 Å². The van der Waals surface area contributed by atoms with E-state index < -0.39 is 5.38 Å². The predicted molar refractivity (Wildman–Crippen MR) is 61.3 cm³/mol. The summed E-state index contributed by atoms with van der Waals surface area (Å²) in [5.41, 5.74) is -0.223. The maximum Gasteiger partial charge on any atom is 0.274 e. The zero-order valence-corrected chi connectivity index (χ0v) is 9.05. The highest BCUT2D eigenvalue weighted by molar-refractivity contribution is 6.22. The first-order valence-electron chi connectivity index (χ1n) is 4.71. The van der Waals surface area contributed by atoms with Crippen LogP contribution in [0.1, 0.15) is 0 Å². The first-order valence-corrected chi connectivity index (χ1v) is 5.14. The van der Waals surface area contributed by atoms with E-state index >= 15 is 0 Å². The van der Waals surface area contributed by atoms with Gasteiger partial charge in [-0.1, -0.05) is 18.2 Å². The fourth-order valence-electron chi connectivity index (χ4n) is 1.45. The average Bonchev–Trinajstić information content (AvgIpc) is 2.33. The summed E-state index contributed by atoms with van der Waals surface area (Å²) >= 11 is 5.66. The second-order valence-electron chi connectivity index (χ2n) is 3.32. The van der Waals surface area contributed by atoms with Crippen molar-refractivity contribution in [2.75, 3.05) is 0 Å². The highest BCUT2D eigenvalue weighted by atomic mass is 35.5. The average molecular weight is 234 g/mol. The van der Waals surface area contributed by atoms with Crippen LogP contribution in [0.25, 0.3) is 10.8 Å². The Bertz CT molecular complexity index is 614. The largest absolute Gasteiger partial charge is 0.274 e. The minimum atomic E-state index is -0.744.